The Morgan fingerprint density at radius 2 is 1.81 bits per heavy atom. The van der Waals surface area contributed by atoms with Crippen molar-refractivity contribution in [3.05, 3.63) is 59.2 Å². The average molecular weight is 353 g/mol. The third-order valence-electron chi connectivity index (χ3n) is 3.48. The first-order chi connectivity index (χ1) is 12.5. The first-order valence-electron chi connectivity index (χ1n) is 7.89. The number of methoxy groups -OCH3 is 1. The second-order valence-corrected chi connectivity index (χ2v) is 5.40. The molecule has 0 saturated carbocycles. The molecule has 2 aromatic carbocycles. The van der Waals surface area contributed by atoms with Gasteiger partial charge in [0.1, 0.15) is 30.6 Å². The van der Waals surface area contributed by atoms with Gasteiger partial charge in [-0.3, -0.25) is 0 Å². The van der Waals surface area contributed by atoms with Crippen molar-refractivity contribution in [3.8, 4) is 23.3 Å². The van der Waals surface area contributed by atoms with Crippen molar-refractivity contribution in [1.29, 1.82) is 5.26 Å². The number of ether oxygens (including phenoxy) is 3. The molecule has 0 aromatic heterocycles. The maximum atomic E-state index is 10.9. The maximum Gasteiger partial charge on any atom is 0.346 e. The largest absolute Gasteiger partial charge is 0.493 e. The fourth-order valence-corrected chi connectivity index (χ4v) is 2.15. The smallest absolute Gasteiger partial charge is 0.346 e. The Bertz CT molecular complexity index is 834. The topological polar surface area (TPSA) is 88.8 Å². The highest BCUT2D eigenvalue weighted by Gasteiger charge is 2.09. The van der Waals surface area contributed by atoms with Crippen LogP contribution in [0.1, 0.15) is 11.1 Å². The number of nitriles is 1. The summed E-state index contributed by atoms with van der Waals surface area (Å²) in [7, 11) is 1.51. The SMILES string of the molecule is COc1ccc(C=C(C#N)C(=O)O)cc1OCCOc1ccc(C)cc1. The molecule has 6 heteroatoms. The molecule has 26 heavy (non-hydrogen) atoms. The number of carbonyl (C=O) groups is 1. The lowest BCUT2D eigenvalue weighted by Crippen LogP contribution is -2.09. The van der Waals surface area contributed by atoms with Crippen LogP contribution in [-0.2, 0) is 4.79 Å². The predicted octanol–water partition coefficient (Wildman–Crippen LogP) is 3.45. The van der Waals surface area contributed by atoms with Crippen LogP contribution in [0.15, 0.2) is 48.0 Å². The summed E-state index contributed by atoms with van der Waals surface area (Å²) in [5, 5.41) is 17.8. The van der Waals surface area contributed by atoms with E-state index < -0.39 is 5.97 Å². The van der Waals surface area contributed by atoms with E-state index in [4.69, 9.17) is 24.6 Å². The summed E-state index contributed by atoms with van der Waals surface area (Å²) in [6.45, 7) is 2.62. The third kappa shape index (κ3) is 5.28. The number of aliphatic carboxylic acids is 1. The number of nitrogens with zero attached hydrogens (tertiary/aromatic N) is 1. The quantitative estimate of drug-likeness (QED) is 0.444. The number of carboxylic acids is 1. The number of hydrogen-bond donors (Lipinski definition) is 1. The average Bonchev–Trinajstić information content (AvgIpc) is 2.64. The van der Waals surface area contributed by atoms with Crippen molar-refractivity contribution >= 4 is 12.0 Å². The van der Waals surface area contributed by atoms with Crippen molar-refractivity contribution in [2.75, 3.05) is 20.3 Å². The van der Waals surface area contributed by atoms with Gasteiger partial charge in [-0.05, 0) is 42.8 Å². The second kappa shape index (κ2) is 9.14. The van der Waals surface area contributed by atoms with Gasteiger partial charge in [0.05, 0.1) is 7.11 Å². The van der Waals surface area contributed by atoms with Crippen LogP contribution in [0.25, 0.3) is 6.08 Å². The molecule has 0 atom stereocenters. The van der Waals surface area contributed by atoms with Gasteiger partial charge in [-0.1, -0.05) is 23.8 Å². The van der Waals surface area contributed by atoms with E-state index in [1.165, 1.54) is 13.2 Å². The summed E-state index contributed by atoms with van der Waals surface area (Å²) in [6, 6.07) is 14.3. The van der Waals surface area contributed by atoms with Gasteiger partial charge in [0.2, 0.25) is 0 Å². The van der Waals surface area contributed by atoms with Crippen LogP contribution in [0.4, 0.5) is 0 Å². The molecule has 0 aliphatic carbocycles. The third-order valence-corrected chi connectivity index (χ3v) is 3.48. The standard InChI is InChI=1S/C20H19NO5/c1-14-3-6-17(7-4-14)25-9-10-26-19-12-15(5-8-18(19)24-2)11-16(13-21)20(22)23/h3-8,11-12H,9-10H2,1-2H3,(H,22,23). The molecular weight excluding hydrogens is 334 g/mol. The van der Waals surface area contributed by atoms with Crippen LogP contribution in [0.2, 0.25) is 0 Å². The molecule has 0 aliphatic rings. The number of aryl methyl sites for hydroxylation is 1. The zero-order chi connectivity index (χ0) is 18.9. The lowest BCUT2D eigenvalue weighted by atomic mass is 10.1. The van der Waals surface area contributed by atoms with Crippen molar-refractivity contribution in [3.63, 3.8) is 0 Å². The van der Waals surface area contributed by atoms with Crippen molar-refractivity contribution < 1.29 is 24.1 Å². The van der Waals surface area contributed by atoms with Crippen LogP contribution >= 0.6 is 0 Å². The van der Waals surface area contributed by atoms with Crippen LogP contribution in [0, 0.1) is 18.3 Å². The maximum absolute atomic E-state index is 10.9. The van der Waals surface area contributed by atoms with E-state index in [2.05, 4.69) is 0 Å². The van der Waals surface area contributed by atoms with Crippen LogP contribution < -0.4 is 14.2 Å². The van der Waals surface area contributed by atoms with Gasteiger partial charge < -0.3 is 19.3 Å². The molecule has 134 valence electrons. The van der Waals surface area contributed by atoms with E-state index >= 15 is 0 Å². The summed E-state index contributed by atoms with van der Waals surface area (Å²) < 4.78 is 16.5. The second-order valence-electron chi connectivity index (χ2n) is 5.40. The molecule has 0 aliphatic heterocycles. The zero-order valence-electron chi connectivity index (χ0n) is 14.6. The minimum atomic E-state index is -1.28. The van der Waals surface area contributed by atoms with E-state index in [1.807, 2.05) is 31.2 Å². The number of carboxylic acid groups (broad SMARTS) is 1. The van der Waals surface area contributed by atoms with E-state index in [9.17, 15) is 4.79 Å². The highest BCUT2D eigenvalue weighted by molar-refractivity contribution is 5.96. The Morgan fingerprint density at radius 1 is 1.12 bits per heavy atom. The number of benzene rings is 2. The summed E-state index contributed by atoms with van der Waals surface area (Å²) in [5.41, 5.74) is 1.32. The minimum absolute atomic E-state index is 0.279. The fraction of sp³-hybridized carbons (Fsp3) is 0.200. The van der Waals surface area contributed by atoms with E-state index in [0.29, 0.717) is 23.7 Å². The highest BCUT2D eigenvalue weighted by Crippen LogP contribution is 2.29. The van der Waals surface area contributed by atoms with Crippen molar-refractivity contribution in [2.24, 2.45) is 0 Å². The first-order valence-corrected chi connectivity index (χ1v) is 7.89. The molecule has 1 N–H and O–H groups in total. The summed E-state index contributed by atoms with van der Waals surface area (Å²) in [5.74, 6) is 0.419. The Kier molecular flexibility index (Phi) is 6.63. The normalized spacial score (nSPS) is 10.7. The zero-order valence-corrected chi connectivity index (χ0v) is 14.6. The number of rotatable bonds is 8. The van der Waals surface area contributed by atoms with E-state index in [0.717, 1.165) is 11.3 Å². The van der Waals surface area contributed by atoms with E-state index in [1.54, 1.807) is 24.3 Å². The summed E-state index contributed by atoms with van der Waals surface area (Å²) in [4.78, 5) is 10.9. The van der Waals surface area contributed by atoms with Gasteiger partial charge >= 0.3 is 5.97 Å². The highest BCUT2D eigenvalue weighted by atomic mass is 16.5. The lowest BCUT2D eigenvalue weighted by Gasteiger charge is -2.12. The van der Waals surface area contributed by atoms with Gasteiger partial charge in [-0.15, -0.1) is 0 Å². The molecule has 0 amide bonds. The van der Waals surface area contributed by atoms with Crippen molar-refractivity contribution in [1.82, 2.24) is 0 Å². The number of hydrogen-bond acceptors (Lipinski definition) is 5. The van der Waals surface area contributed by atoms with Gasteiger partial charge in [0, 0.05) is 0 Å². The van der Waals surface area contributed by atoms with Gasteiger partial charge in [0.15, 0.2) is 11.5 Å². The van der Waals surface area contributed by atoms with Crippen LogP contribution in [0.5, 0.6) is 17.2 Å². The molecule has 2 aromatic rings. The fourth-order valence-electron chi connectivity index (χ4n) is 2.15. The van der Waals surface area contributed by atoms with Gasteiger partial charge in [-0.2, -0.15) is 5.26 Å². The Balaban J connectivity index is 2.03. The Morgan fingerprint density at radius 3 is 2.42 bits per heavy atom. The molecule has 0 radical (unpaired) electrons. The summed E-state index contributed by atoms with van der Waals surface area (Å²) in [6.07, 6.45) is 1.28. The molecular formula is C20H19NO5. The molecule has 6 nitrogen and oxygen atoms in total. The van der Waals surface area contributed by atoms with Crippen molar-refractivity contribution in [2.45, 2.75) is 6.92 Å². The molecule has 0 saturated heterocycles. The van der Waals surface area contributed by atoms with Gasteiger partial charge in [-0.25, -0.2) is 4.79 Å². The molecule has 0 unspecified atom stereocenters. The monoisotopic (exact) mass is 353 g/mol. The molecule has 0 heterocycles. The molecule has 2 rings (SSSR count). The van der Waals surface area contributed by atoms with Gasteiger partial charge in [0.25, 0.3) is 0 Å². The summed E-state index contributed by atoms with van der Waals surface area (Å²) >= 11 is 0. The van der Waals surface area contributed by atoms with Crippen LogP contribution in [-0.4, -0.2) is 31.4 Å². The molecule has 0 spiro atoms. The first kappa shape index (κ1) is 18.9. The lowest BCUT2D eigenvalue weighted by molar-refractivity contribution is -0.132. The minimum Gasteiger partial charge on any atom is -0.493 e. The molecule has 0 bridgehead atoms. The predicted molar refractivity (Wildman–Crippen MR) is 96.4 cm³/mol. The van der Waals surface area contributed by atoms with E-state index in [-0.39, 0.29) is 12.2 Å². The van der Waals surface area contributed by atoms with Crippen LogP contribution in [0.3, 0.4) is 0 Å². The Labute approximate surface area is 151 Å². The molecule has 0 fully saturated rings. The Hall–Kier alpha value is -3.46.